The molecule has 0 atom stereocenters. The minimum Gasteiger partial charge on any atom is -0.491 e. The number of benzene rings is 1. The van der Waals surface area contributed by atoms with Crippen LogP contribution in [0.4, 0.5) is 0 Å². The monoisotopic (exact) mass is 394 g/mol. The highest BCUT2D eigenvalue weighted by Gasteiger charge is 2.27. The van der Waals surface area contributed by atoms with E-state index < -0.39 is 0 Å². The van der Waals surface area contributed by atoms with E-state index in [-0.39, 0.29) is 28.7 Å². The number of carbonyl (C=O) groups is 2. The minimum atomic E-state index is -0.348. The first-order valence-electron chi connectivity index (χ1n) is 9.39. The van der Waals surface area contributed by atoms with Crippen LogP contribution in [-0.2, 0) is 7.05 Å². The number of aryl methyl sites for hydroxylation is 1. The SMILES string of the molecule is COc1c[nH]c(C(=O)N2CCN(C(=O)c3cc4ccccc4n3C)CC2)cc1=O. The van der Waals surface area contributed by atoms with Crippen molar-refractivity contribution >= 4 is 22.7 Å². The van der Waals surface area contributed by atoms with Crippen LogP contribution in [0.5, 0.6) is 5.75 Å². The molecular formula is C21H22N4O4. The number of para-hydroxylation sites is 1. The first kappa shape index (κ1) is 18.8. The number of rotatable bonds is 3. The van der Waals surface area contributed by atoms with Gasteiger partial charge in [-0.1, -0.05) is 18.2 Å². The predicted molar refractivity (Wildman–Crippen MR) is 108 cm³/mol. The number of H-pyrrole nitrogens is 1. The van der Waals surface area contributed by atoms with Crippen molar-refractivity contribution < 1.29 is 14.3 Å². The second-order valence-corrected chi connectivity index (χ2v) is 7.01. The number of piperazine rings is 1. The molecule has 150 valence electrons. The number of aromatic nitrogens is 2. The number of methoxy groups -OCH3 is 1. The molecule has 0 unspecified atom stereocenters. The van der Waals surface area contributed by atoms with E-state index in [4.69, 9.17) is 4.74 Å². The van der Waals surface area contributed by atoms with Gasteiger partial charge in [0.2, 0.25) is 5.43 Å². The lowest BCUT2D eigenvalue weighted by Gasteiger charge is -2.34. The highest BCUT2D eigenvalue weighted by atomic mass is 16.5. The summed E-state index contributed by atoms with van der Waals surface area (Å²) in [7, 11) is 3.29. The van der Waals surface area contributed by atoms with Crippen molar-refractivity contribution in [2.75, 3.05) is 33.3 Å². The Labute approximate surface area is 167 Å². The van der Waals surface area contributed by atoms with E-state index >= 15 is 0 Å². The zero-order valence-corrected chi connectivity index (χ0v) is 16.3. The van der Waals surface area contributed by atoms with Gasteiger partial charge in [0.15, 0.2) is 5.75 Å². The van der Waals surface area contributed by atoms with Crippen molar-refractivity contribution in [3.05, 3.63) is 64.2 Å². The molecule has 2 amide bonds. The molecule has 4 rings (SSSR count). The molecule has 8 nitrogen and oxygen atoms in total. The van der Waals surface area contributed by atoms with Crippen LogP contribution in [0.1, 0.15) is 21.0 Å². The molecule has 3 heterocycles. The van der Waals surface area contributed by atoms with Crippen molar-refractivity contribution in [3.63, 3.8) is 0 Å². The average molecular weight is 394 g/mol. The molecule has 1 saturated heterocycles. The summed E-state index contributed by atoms with van der Waals surface area (Å²) < 4.78 is 6.82. The van der Waals surface area contributed by atoms with Crippen LogP contribution in [-0.4, -0.2) is 64.5 Å². The summed E-state index contributed by atoms with van der Waals surface area (Å²) >= 11 is 0. The third-order valence-corrected chi connectivity index (χ3v) is 5.35. The van der Waals surface area contributed by atoms with E-state index in [1.807, 2.05) is 41.9 Å². The van der Waals surface area contributed by atoms with Crippen LogP contribution in [0.2, 0.25) is 0 Å². The van der Waals surface area contributed by atoms with Gasteiger partial charge in [0.25, 0.3) is 11.8 Å². The van der Waals surface area contributed by atoms with E-state index in [1.165, 1.54) is 19.4 Å². The Morgan fingerprint density at radius 1 is 1.00 bits per heavy atom. The number of hydrogen-bond donors (Lipinski definition) is 1. The second kappa shape index (κ2) is 7.46. The maximum absolute atomic E-state index is 13.0. The Morgan fingerprint density at radius 3 is 2.28 bits per heavy atom. The molecule has 3 aromatic rings. The Morgan fingerprint density at radius 2 is 1.66 bits per heavy atom. The highest BCUT2D eigenvalue weighted by Crippen LogP contribution is 2.20. The van der Waals surface area contributed by atoms with Crippen LogP contribution < -0.4 is 10.2 Å². The zero-order valence-electron chi connectivity index (χ0n) is 16.3. The predicted octanol–water partition coefficient (Wildman–Crippen LogP) is 1.47. The third-order valence-electron chi connectivity index (χ3n) is 5.35. The van der Waals surface area contributed by atoms with Gasteiger partial charge in [-0.15, -0.1) is 0 Å². The first-order chi connectivity index (χ1) is 14.0. The highest BCUT2D eigenvalue weighted by molar-refractivity contribution is 5.99. The normalized spacial score (nSPS) is 14.3. The molecule has 0 aliphatic carbocycles. The van der Waals surface area contributed by atoms with Crippen LogP contribution in [0.3, 0.4) is 0 Å². The number of amides is 2. The largest absolute Gasteiger partial charge is 0.491 e. The van der Waals surface area contributed by atoms with Crippen LogP contribution in [0.25, 0.3) is 10.9 Å². The first-order valence-corrected chi connectivity index (χ1v) is 9.39. The Balaban J connectivity index is 1.45. The van der Waals surface area contributed by atoms with Crippen LogP contribution >= 0.6 is 0 Å². The summed E-state index contributed by atoms with van der Waals surface area (Å²) in [6, 6.07) is 11.0. The van der Waals surface area contributed by atoms with Gasteiger partial charge in [-0.05, 0) is 12.1 Å². The standard InChI is InChI=1S/C21H22N4O4/c1-23-16-6-4-3-5-14(16)11-17(23)21(28)25-9-7-24(8-10-25)20(27)15-12-18(26)19(29-2)13-22-15/h3-6,11-13H,7-10H2,1-2H3,(H,22,26). The molecule has 0 radical (unpaired) electrons. The zero-order chi connectivity index (χ0) is 20.5. The minimum absolute atomic E-state index is 0.0475. The molecular weight excluding hydrogens is 372 g/mol. The summed E-state index contributed by atoms with van der Waals surface area (Å²) in [6.07, 6.45) is 1.38. The fraction of sp³-hybridized carbons (Fsp3) is 0.286. The number of nitrogens with zero attached hydrogens (tertiary/aromatic N) is 3. The average Bonchev–Trinajstić information content (AvgIpc) is 3.09. The van der Waals surface area contributed by atoms with E-state index in [2.05, 4.69) is 4.98 Å². The van der Waals surface area contributed by atoms with E-state index in [1.54, 1.807) is 9.80 Å². The molecule has 0 bridgehead atoms. The van der Waals surface area contributed by atoms with Gasteiger partial charge in [-0.2, -0.15) is 0 Å². The topological polar surface area (TPSA) is 87.6 Å². The number of pyridine rings is 1. The number of fused-ring (bicyclic) bond motifs is 1. The van der Waals surface area contributed by atoms with Gasteiger partial charge in [0, 0.05) is 56.4 Å². The molecule has 1 aliphatic rings. The Kier molecular flexibility index (Phi) is 4.84. The van der Waals surface area contributed by atoms with Crippen molar-refractivity contribution in [2.45, 2.75) is 0 Å². The van der Waals surface area contributed by atoms with Crippen molar-refractivity contribution in [1.29, 1.82) is 0 Å². The molecule has 29 heavy (non-hydrogen) atoms. The van der Waals surface area contributed by atoms with Gasteiger partial charge in [-0.25, -0.2) is 0 Å². The fourth-order valence-electron chi connectivity index (χ4n) is 3.68. The van der Waals surface area contributed by atoms with Crippen LogP contribution in [0.15, 0.2) is 47.4 Å². The quantitative estimate of drug-likeness (QED) is 0.729. The summed E-state index contributed by atoms with van der Waals surface area (Å²) in [5, 5.41) is 1.02. The van der Waals surface area contributed by atoms with Gasteiger partial charge in [0.05, 0.1) is 7.11 Å². The molecule has 1 fully saturated rings. The van der Waals surface area contributed by atoms with E-state index in [0.29, 0.717) is 31.9 Å². The number of aromatic amines is 1. The summed E-state index contributed by atoms with van der Waals surface area (Å²) in [5.74, 6) is -0.151. The van der Waals surface area contributed by atoms with Crippen LogP contribution in [0, 0.1) is 0 Å². The number of nitrogens with one attached hydrogen (secondary N) is 1. The lowest BCUT2D eigenvalue weighted by Crippen LogP contribution is -2.51. The van der Waals surface area contributed by atoms with E-state index in [0.717, 1.165) is 10.9 Å². The van der Waals surface area contributed by atoms with Crippen molar-refractivity contribution in [2.24, 2.45) is 7.05 Å². The maximum atomic E-state index is 13.0. The molecule has 0 spiro atoms. The molecule has 2 aromatic heterocycles. The Bertz CT molecular complexity index is 1140. The molecule has 1 aromatic carbocycles. The van der Waals surface area contributed by atoms with Crippen molar-refractivity contribution in [1.82, 2.24) is 19.4 Å². The molecule has 1 N–H and O–H groups in total. The van der Waals surface area contributed by atoms with Gasteiger partial charge < -0.3 is 24.1 Å². The van der Waals surface area contributed by atoms with E-state index in [9.17, 15) is 14.4 Å². The number of hydrogen-bond acceptors (Lipinski definition) is 4. The second-order valence-electron chi connectivity index (χ2n) is 7.01. The molecule has 8 heteroatoms. The number of ether oxygens (including phenoxy) is 1. The van der Waals surface area contributed by atoms with Crippen molar-refractivity contribution in [3.8, 4) is 5.75 Å². The third kappa shape index (κ3) is 3.37. The number of carbonyl (C=O) groups excluding carboxylic acids is 2. The summed E-state index contributed by atoms with van der Waals surface area (Å²) in [5.41, 5.74) is 1.50. The van der Waals surface area contributed by atoms with Gasteiger partial charge >= 0.3 is 0 Å². The lowest BCUT2D eigenvalue weighted by molar-refractivity contribution is 0.0527. The molecule has 1 aliphatic heterocycles. The molecule has 0 saturated carbocycles. The Hall–Kier alpha value is -3.55. The van der Waals surface area contributed by atoms with Gasteiger partial charge in [-0.3, -0.25) is 14.4 Å². The van der Waals surface area contributed by atoms with Gasteiger partial charge in [0.1, 0.15) is 11.4 Å². The smallest absolute Gasteiger partial charge is 0.270 e. The summed E-state index contributed by atoms with van der Waals surface area (Å²) in [4.78, 5) is 43.8. The maximum Gasteiger partial charge on any atom is 0.270 e. The fourth-order valence-corrected chi connectivity index (χ4v) is 3.68. The lowest BCUT2D eigenvalue weighted by atomic mass is 10.2. The summed E-state index contributed by atoms with van der Waals surface area (Å²) in [6.45, 7) is 1.68.